The van der Waals surface area contributed by atoms with Gasteiger partial charge >= 0.3 is 7.82 Å². The summed E-state index contributed by atoms with van der Waals surface area (Å²) in [6.07, 6.45) is 3.33. The fraction of sp³-hybridized carbons (Fsp3) is 0.150. The summed E-state index contributed by atoms with van der Waals surface area (Å²) in [5.41, 5.74) is 2.83. The number of benzene rings is 2. The Bertz CT molecular complexity index is 813. The van der Waals surface area contributed by atoms with Gasteiger partial charge in [0.05, 0.1) is 13.2 Å². The van der Waals surface area contributed by atoms with Crippen molar-refractivity contribution < 1.29 is 35.4 Å². The fourth-order valence-corrected chi connectivity index (χ4v) is 3.32. The second-order valence-corrected chi connectivity index (χ2v) is 7.36. The average Bonchev–Trinajstić information content (AvgIpc) is 2.69. The minimum Gasteiger partial charge on any atom is -1.00 e. The van der Waals surface area contributed by atoms with Crippen LogP contribution in [0, 0.1) is 6.92 Å². The zero-order valence-corrected chi connectivity index (χ0v) is 16.6. The standard InChI is InChI=1S/C20H21NO4P.ClH/c1-18-12-14-21(15-13-18)25-26(22,23-16-19-8-4-2-5-9-19)24-17-20-10-6-3-7-11-20;/h2-15H,16-17H2,1H3;1H/q+1;/p-1. The summed E-state index contributed by atoms with van der Waals surface area (Å²) in [6, 6.07) is 22.6. The molecule has 1 aromatic heterocycles. The van der Waals surface area contributed by atoms with Crippen molar-refractivity contribution in [2.45, 2.75) is 20.1 Å². The molecule has 1 heterocycles. The number of halogens is 1. The molecular formula is C20H21ClNO4P. The highest BCUT2D eigenvalue weighted by molar-refractivity contribution is 7.48. The summed E-state index contributed by atoms with van der Waals surface area (Å²) in [4.78, 5) is 0. The van der Waals surface area contributed by atoms with Gasteiger partial charge in [-0.15, -0.1) is 0 Å². The maximum atomic E-state index is 13.1. The Hall–Kier alpha value is -2.17. The van der Waals surface area contributed by atoms with Crippen LogP contribution in [-0.2, 0) is 26.8 Å². The van der Waals surface area contributed by atoms with Gasteiger partial charge in [0.15, 0.2) is 0 Å². The van der Waals surface area contributed by atoms with Gasteiger partial charge in [-0.05, 0) is 23.6 Å². The quantitative estimate of drug-likeness (QED) is 0.418. The molecule has 0 aliphatic carbocycles. The average molecular weight is 406 g/mol. The summed E-state index contributed by atoms with van der Waals surface area (Å²) in [7, 11) is -3.82. The normalized spacial score (nSPS) is 10.9. The number of aryl methyl sites for hydroxylation is 1. The summed E-state index contributed by atoms with van der Waals surface area (Å²) in [6.45, 7) is 2.21. The first-order valence-corrected chi connectivity index (χ1v) is 9.74. The molecule has 0 radical (unpaired) electrons. The molecule has 0 fully saturated rings. The van der Waals surface area contributed by atoms with Crippen molar-refractivity contribution >= 4 is 7.82 Å². The number of aromatic nitrogens is 1. The SMILES string of the molecule is Cc1cc[n+](OP(=O)(OCc2ccccc2)OCc2ccccc2)cc1.[Cl-]. The molecule has 0 saturated carbocycles. The molecule has 3 aromatic rings. The first kappa shape index (κ1) is 21.1. The molecule has 0 aliphatic heterocycles. The van der Waals surface area contributed by atoms with E-state index in [-0.39, 0.29) is 25.6 Å². The zero-order chi connectivity index (χ0) is 18.2. The molecule has 142 valence electrons. The van der Waals surface area contributed by atoms with Crippen LogP contribution in [0.25, 0.3) is 0 Å². The van der Waals surface area contributed by atoms with Crippen LogP contribution in [0.4, 0.5) is 0 Å². The summed E-state index contributed by atoms with van der Waals surface area (Å²) < 4.78 is 31.1. The maximum Gasteiger partial charge on any atom is 0.586 e. The van der Waals surface area contributed by atoms with Crippen molar-refractivity contribution in [3.63, 3.8) is 0 Å². The molecule has 0 N–H and O–H groups in total. The summed E-state index contributed by atoms with van der Waals surface area (Å²) >= 11 is 0. The van der Waals surface area contributed by atoms with Crippen molar-refractivity contribution in [1.82, 2.24) is 0 Å². The molecule has 0 aliphatic rings. The third-order valence-corrected chi connectivity index (χ3v) is 4.91. The van der Waals surface area contributed by atoms with Crippen molar-refractivity contribution in [3.8, 4) is 0 Å². The highest BCUT2D eigenvalue weighted by Crippen LogP contribution is 2.46. The number of hydrogen-bond acceptors (Lipinski definition) is 4. The van der Waals surface area contributed by atoms with Crippen LogP contribution in [-0.4, -0.2) is 0 Å². The highest BCUT2D eigenvalue weighted by Gasteiger charge is 2.34. The number of phosphoric ester groups is 1. The number of nitrogens with zero attached hydrogens (tertiary/aromatic N) is 1. The zero-order valence-electron chi connectivity index (χ0n) is 14.9. The second kappa shape index (κ2) is 10.2. The van der Waals surface area contributed by atoms with Gasteiger partial charge in [-0.2, -0.15) is 4.62 Å². The predicted molar refractivity (Wildman–Crippen MR) is 98.0 cm³/mol. The number of hydrogen-bond donors (Lipinski definition) is 0. The lowest BCUT2D eigenvalue weighted by Crippen LogP contribution is -3.00. The van der Waals surface area contributed by atoms with Crippen molar-refractivity contribution in [3.05, 3.63) is 102 Å². The molecule has 0 amide bonds. The molecule has 0 atom stereocenters. The van der Waals surface area contributed by atoms with E-state index in [2.05, 4.69) is 0 Å². The van der Waals surface area contributed by atoms with Crippen LogP contribution in [0.2, 0.25) is 0 Å². The van der Waals surface area contributed by atoms with Crippen molar-refractivity contribution in [2.24, 2.45) is 0 Å². The molecule has 0 spiro atoms. The van der Waals surface area contributed by atoms with Crippen LogP contribution < -0.4 is 21.8 Å². The second-order valence-electron chi connectivity index (χ2n) is 5.78. The van der Waals surface area contributed by atoms with Crippen LogP contribution in [0.3, 0.4) is 0 Å². The lowest BCUT2D eigenvalue weighted by molar-refractivity contribution is -0.861. The van der Waals surface area contributed by atoms with E-state index in [1.165, 1.54) is 4.73 Å². The third-order valence-electron chi connectivity index (χ3n) is 3.63. The topological polar surface area (TPSA) is 48.6 Å². The van der Waals surface area contributed by atoms with E-state index in [1.807, 2.05) is 79.7 Å². The first-order chi connectivity index (χ1) is 12.6. The molecular weight excluding hydrogens is 385 g/mol. The van der Waals surface area contributed by atoms with Gasteiger partial charge in [-0.1, -0.05) is 60.7 Å². The molecule has 2 aromatic carbocycles. The van der Waals surface area contributed by atoms with Gasteiger partial charge in [-0.25, -0.2) is 4.57 Å². The van der Waals surface area contributed by atoms with Crippen LogP contribution >= 0.6 is 7.82 Å². The van der Waals surface area contributed by atoms with Gasteiger partial charge in [0.2, 0.25) is 12.4 Å². The Labute approximate surface area is 165 Å². The molecule has 0 unspecified atom stereocenters. The van der Waals surface area contributed by atoms with Gasteiger partial charge < -0.3 is 12.4 Å². The minimum atomic E-state index is -3.82. The lowest BCUT2D eigenvalue weighted by atomic mass is 10.2. The Morgan fingerprint density at radius 1 is 0.778 bits per heavy atom. The molecule has 0 saturated heterocycles. The number of phosphoric acid groups is 1. The van der Waals surface area contributed by atoms with Crippen LogP contribution in [0.5, 0.6) is 0 Å². The number of rotatable bonds is 8. The van der Waals surface area contributed by atoms with Crippen molar-refractivity contribution in [1.29, 1.82) is 0 Å². The molecule has 0 bridgehead atoms. The van der Waals surface area contributed by atoms with E-state index in [0.29, 0.717) is 0 Å². The van der Waals surface area contributed by atoms with Crippen LogP contribution in [0.1, 0.15) is 16.7 Å². The van der Waals surface area contributed by atoms with E-state index in [4.69, 9.17) is 13.7 Å². The highest BCUT2D eigenvalue weighted by atomic mass is 35.5. The monoisotopic (exact) mass is 405 g/mol. The lowest BCUT2D eigenvalue weighted by Gasteiger charge is -2.14. The molecule has 7 heteroatoms. The molecule has 27 heavy (non-hydrogen) atoms. The molecule has 5 nitrogen and oxygen atoms in total. The first-order valence-electron chi connectivity index (χ1n) is 8.28. The van der Waals surface area contributed by atoms with E-state index < -0.39 is 7.82 Å². The van der Waals surface area contributed by atoms with E-state index >= 15 is 0 Å². The summed E-state index contributed by atoms with van der Waals surface area (Å²) in [5.74, 6) is 0. The van der Waals surface area contributed by atoms with E-state index in [9.17, 15) is 4.57 Å². The smallest absolute Gasteiger partial charge is 0.586 e. The van der Waals surface area contributed by atoms with Gasteiger partial charge in [0, 0.05) is 16.9 Å². The minimum absolute atomic E-state index is 0. The van der Waals surface area contributed by atoms with E-state index in [1.54, 1.807) is 12.4 Å². The van der Waals surface area contributed by atoms with Gasteiger partial charge in [0.1, 0.15) is 0 Å². The summed E-state index contributed by atoms with van der Waals surface area (Å²) in [5, 5.41) is 0. The predicted octanol–water partition coefficient (Wildman–Crippen LogP) is 1.26. The van der Waals surface area contributed by atoms with Gasteiger partial charge in [0.25, 0.3) is 0 Å². The Morgan fingerprint density at radius 3 is 1.67 bits per heavy atom. The maximum absolute atomic E-state index is 13.1. The third kappa shape index (κ3) is 6.81. The molecule has 3 rings (SSSR count). The Balaban J connectivity index is 0.00000261. The van der Waals surface area contributed by atoms with Crippen molar-refractivity contribution in [2.75, 3.05) is 0 Å². The van der Waals surface area contributed by atoms with Gasteiger partial charge in [-0.3, -0.25) is 9.05 Å². The number of pyridine rings is 1. The van der Waals surface area contributed by atoms with Crippen LogP contribution in [0.15, 0.2) is 85.2 Å². The van der Waals surface area contributed by atoms with E-state index in [0.717, 1.165) is 16.7 Å². The Kier molecular flexibility index (Phi) is 8.01. The largest absolute Gasteiger partial charge is 1.00 e. The fourth-order valence-electron chi connectivity index (χ4n) is 2.20. The Morgan fingerprint density at radius 2 is 1.22 bits per heavy atom.